The maximum Gasteiger partial charge on any atom is 0.323 e. The van der Waals surface area contributed by atoms with E-state index in [9.17, 15) is 14.9 Å². The normalized spacial score (nSPS) is 24.3. The third kappa shape index (κ3) is 2.96. The molecule has 8 heteroatoms. The summed E-state index contributed by atoms with van der Waals surface area (Å²) in [6.07, 6.45) is 2.02. The van der Waals surface area contributed by atoms with E-state index in [-0.39, 0.29) is 24.1 Å². The lowest BCUT2D eigenvalue weighted by Gasteiger charge is -2.19. The Hall–Kier alpha value is -1.60. The van der Waals surface area contributed by atoms with E-state index in [4.69, 9.17) is 0 Å². The number of nitrogens with one attached hydrogen (secondary N) is 1. The van der Waals surface area contributed by atoms with Gasteiger partial charge in [-0.25, -0.2) is 4.57 Å². The van der Waals surface area contributed by atoms with Gasteiger partial charge in [-0.15, -0.1) is 12.4 Å². The average Bonchev–Trinajstić information content (AvgIpc) is 3.00. The first kappa shape index (κ1) is 16.8. The van der Waals surface area contributed by atoms with Gasteiger partial charge in [-0.3, -0.25) is 4.79 Å². The van der Waals surface area contributed by atoms with Gasteiger partial charge in [0, 0.05) is 19.2 Å². The largest absolute Gasteiger partial charge is 0.358 e. The maximum absolute atomic E-state index is 12.6. The second kappa shape index (κ2) is 6.66. The number of amides is 1. The highest BCUT2D eigenvalue weighted by molar-refractivity contribution is 5.93. The minimum Gasteiger partial charge on any atom is -0.358 e. The number of nitro groups is 1. The summed E-state index contributed by atoms with van der Waals surface area (Å²) in [4.78, 5) is 24.9. The van der Waals surface area contributed by atoms with E-state index < -0.39 is 4.92 Å². The zero-order chi connectivity index (χ0) is 15.0. The Morgan fingerprint density at radius 3 is 2.36 bits per heavy atom. The lowest BCUT2D eigenvalue weighted by Crippen LogP contribution is -2.34. The molecule has 1 N–H and O–H groups in total. The van der Waals surface area contributed by atoms with E-state index in [1.54, 1.807) is 13.1 Å². The molecule has 0 unspecified atom stereocenters. The van der Waals surface area contributed by atoms with Gasteiger partial charge in [0.2, 0.25) is 0 Å². The highest BCUT2D eigenvalue weighted by Crippen LogP contribution is 2.28. The first-order valence-corrected chi connectivity index (χ1v) is 7.38. The number of fused-ring (bicyclic) bond motifs is 1. The molecule has 2 fully saturated rings. The van der Waals surface area contributed by atoms with E-state index >= 15 is 0 Å². The summed E-state index contributed by atoms with van der Waals surface area (Å²) in [6, 6.07) is 2.94. The number of aromatic nitrogens is 1. The highest BCUT2D eigenvalue weighted by Gasteiger charge is 2.33. The van der Waals surface area contributed by atoms with Crippen LogP contribution >= 0.6 is 12.4 Å². The second-order valence-corrected chi connectivity index (χ2v) is 5.94. The Morgan fingerprint density at radius 1 is 1.27 bits per heavy atom. The lowest BCUT2D eigenvalue weighted by molar-refractivity contribution is -0.391. The summed E-state index contributed by atoms with van der Waals surface area (Å²) in [5, 5.41) is 14.3. The zero-order valence-electron chi connectivity index (χ0n) is 12.5. The summed E-state index contributed by atoms with van der Waals surface area (Å²) in [7, 11) is 1.57. The Labute approximate surface area is 135 Å². The molecular weight excluding hydrogens is 308 g/mol. The van der Waals surface area contributed by atoms with Crippen molar-refractivity contribution in [1.82, 2.24) is 14.8 Å². The van der Waals surface area contributed by atoms with E-state index in [2.05, 4.69) is 5.32 Å². The molecule has 7 nitrogen and oxygen atoms in total. The fourth-order valence-electron chi connectivity index (χ4n) is 3.48. The number of hydrogen-bond donors (Lipinski definition) is 1. The van der Waals surface area contributed by atoms with E-state index in [0.717, 1.165) is 39.0 Å². The van der Waals surface area contributed by atoms with Crippen molar-refractivity contribution in [3.05, 3.63) is 27.9 Å². The van der Waals surface area contributed by atoms with Crippen molar-refractivity contribution in [3.63, 3.8) is 0 Å². The fourth-order valence-corrected chi connectivity index (χ4v) is 3.48. The summed E-state index contributed by atoms with van der Waals surface area (Å²) in [6.45, 7) is 3.56. The Balaban J connectivity index is 0.00000176. The van der Waals surface area contributed by atoms with Gasteiger partial charge in [0.15, 0.2) is 5.69 Å². The maximum atomic E-state index is 12.6. The van der Waals surface area contributed by atoms with Crippen LogP contribution in [0.4, 0.5) is 5.82 Å². The summed E-state index contributed by atoms with van der Waals surface area (Å²) < 4.78 is 1.37. The zero-order valence-corrected chi connectivity index (χ0v) is 13.3. The Morgan fingerprint density at radius 2 is 1.86 bits per heavy atom. The second-order valence-electron chi connectivity index (χ2n) is 5.94. The molecule has 0 saturated carbocycles. The van der Waals surface area contributed by atoms with Crippen LogP contribution in [-0.4, -0.2) is 46.5 Å². The van der Waals surface area contributed by atoms with Crippen LogP contribution in [0.25, 0.3) is 0 Å². The van der Waals surface area contributed by atoms with Gasteiger partial charge in [0.25, 0.3) is 5.91 Å². The molecule has 3 heterocycles. The van der Waals surface area contributed by atoms with E-state index in [1.165, 1.54) is 10.6 Å². The van der Waals surface area contributed by atoms with Crippen LogP contribution < -0.4 is 5.32 Å². The van der Waals surface area contributed by atoms with Crippen molar-refractivity contribution >= 4 is 24.1 Å². The molecule has 122 valence electrons. The van der Waals surface area contributed by atoms with Crippen molar-refractivity contribution in [2.75, 3.05) is 26.2 Å². The van der Waals surface area contributed by atoms with Crippen LogP contribution in [-0.2, 0) is 7.05 Å². The fraction of sp³-hybridized carbons (Fsp3) is 0.643. The average molecular weight is 329 g/mol. The van der Waals surface area contributed by atoms with Gasteiger partial charge in [-0.05, 0) is 48.8 Å². The first-order chi connectivity index (χ1) is 10.1. The number of likely N-dealkylation sites (tertiary alicyclic amines) is 1. The molecule has 0 aromatic carbocycles. The van der Waals surface area contributed by atoms with Crippen molar-refractivity contribution in [2.24, 2.45) is 18.9 Å². The molecule has 2 aliphatic rings. The molecule has 2 aliphatic heterocycles. The summed E-state index contributed by atoms with van der Waals surface area (Å²) in [5.74, 6) is 1.17. The molecule has 22 heavy (non-hydrogen) atoms. The molecule has 3 rings (SSSR count). The Kier molecular flexibility index (Phi) is 5.08. The van der Waals surface area contributed by atoms with Gasteiger partial charge < -0.3 is 20.3 Å². The van der Waals surface area contributed by atoms with E-state index in [1.807, 2.05) is 4.90 Å². The van der Waals surface area contributed by atoms with E-state index in [0.29, 0.717) is 17.5 Å². The van der Waals surface area contributed by atoms with Crippen LogP contribution in [0.5, 0.6) is 0 Å². The van der Waals surface area contributed by atoms with Crippen molar-refractivity contribution < 1.29 is 9.72 Å². The number of hydrogen-bond acceptors (Lipinski definition) is 4. The van der Waals surface area contributed by atoms with Crippen molar-refractivity contribution in [1.29, 1.82) is 0 Å². The standard InChI is InChI=1S/C14H20N4O3.ClH/c1-16-12(2-3-13(16)18(20)21)14(19)17-6-4-10-8-15-9-11(10)5-7-17;/h2-3,10-11,15H,4-9H2,1H3;1H/t10-,11+;. The van der Waals surface area contributed by atoms with Gasteiger partial charge in [-0.1, -0.05) is 0 Å². The predicted molar refractivity (Wildman–Crippen MR) is 84.3 cm³/mol. The summed E-state index contributed by atoms with van der Waals surface area (Å²) in [5.41, 5.74) is 0.395. The van der Waals surface area contributed by atoms with Gasteiger partial charge >= 0.3 is 5.82 Å². The Bertz CT molecular complexity index is 560. The minimum absolute atomic E-state index is 0. The first-order valence-electron chi connectivity index (χ1n) is 7.38. The van der Waals surface area contributed by atoms with Crippen LogP contribution in [0, 0.1) is 22.0 Å². The monoisotopic (exact) mass is 328 g/mol. The SMILES string of the molecule is Cl.Cn1c(C(=O)N2CC[C@@H]3CNC[C@@H]3CC2)ccc1[N+](=O)[O-]. The number of carbonyl (C=O) groups excluding carboxylic acids is 1. The van der Waals surface area contributed by atoms with Crippen molar-refractivity contribution in [3.8, 4) is 0 Å². The smallest absolute Gasteiger partial charge is 0.323 e. The molecule has 0 radical (unpaired) electrons. The number of carbonyl (C=O) groups is 1. The third-order valence-corrected chi connectivity index (χ3v) is 4.81. The molecular formula is C14H21ClN4O3. The molecule has 1 aromatic heterocycles. The lowest BCUT2D eigenvalue weighted by atomic mass is 9.92. The number of halogens is 1. The van der Waals surface area contributed by atoms with Gasteiger partial charge in [-0.2, -0.15) is 0 Å². The van der Waals surface area contributed by atoms with Crippen LogP contribution in [0.15, 0.2) is 12.1 Å². The molecule has 1 aromatic rings. The van der Waals surface area contributed by atoms with Crippen LogP contribution in [0.3, 0.4) is 0 Å². The summed E-state index contributed by atoms with van der Waals surface area (Å²) >= 11 is 0. The minimum atomic E-state index is -0.463. The molecule has 0 bridgehead atoms. The van der Waals surface area contributed by atoms with Gasteiger partial charge in [0.1, 0.15) is 0 Å². The number of nitrogens with zero attached hydrogens (tertiary/aromatic N) is 3. The highest BCUT2D eigenvalue weighted by atomic mass is 35.5. The predicted octanol–water partition coefficient (Wildman–Crippen LogP) is 1.43. The topological polar surface area (TPSA) is 80.4 Å². The quantitative estimate of drug-likeness (QED) is 0.658. The molecule has 1 amide bonds. The van der Waals surface area contributed by atoms with Crippen molar-refractivity contribution in [2.45, 2.75) is 12.8 Å². The molecule has 0 spiro atoms. The molecule has 2 saturated heterocycles. The molecule has 2 atom stereocenters. The molecule has 0 aliphatic carbocycles. The van der Waals surface area contributed by atoms with Gasteiger partial charge in [0.05, 0.1) is 7.05 Å². The number of rotatable bonds is 2. The van der Waals surface area contributed by atoms with Crippen LogP contribution in [0.2, 0.25) is 0 Å². The third-order valence-electron chi connectivity index (χ3n) is 4.81. The van der Waals surface area contributed by atoms with Crippen LogP contribution in [0.1, 0.15) is 23.3 Å².